The van der Waals surface area contributed by atoms with Crippen molar-refractivity contribution < 1.29 is 14.3 Å². The molecule has 0 radical (unpaired) electrons. The maximum atomic E-state index is 13.0. The van der Waals surface area contributed by atoms with Gasteiger partial charge in [-0.25, -0.2) is 5.84 Å². The molecule has 0 unspecified atom stereocenters. The Morgan fingerprint density at radius 1 is 1.19 bits per heavy atom. The van der Waals surface area contributed by atoms with Crippen LogP contribution in [0.1, 0.15) is 40.9 Å². The van der Waals surface area contributed by atoms with Gasteiger partial charge in [0, 0.05) is 30.8 Å². The highest BCUT2D eigenvalue weighted by Crippen LogP contribution is 2.29. The van der Waals surface area contributed by atoms with E-state index in [9.17, 15) is 9.59 Å². The number of carbonyl (C=O) groups is 2. The van der Waals surface area contributed by atoms with E-state index in [-0.39, 0.29) is 24.3 Å². The number of carbonyl (C=O) groups excluding carboxylic acids is 2. The van der Waals surface area contributed by atoms with E-state index in [1.54, 1.807) is 30.1 Å². The molecule has 3 rings (SSSR count). The lowest BCUT2D eigenvalue weighted by Gasteiger charge is -2.18. The molecule has 0 aliphatic carbocycles. The molecule has 162 valence electrons. The molecule has 0 bridgehead atoms. The van der Waals surface area contributed by atoms with Crippen molar-refractivity contribution in [3.05, 3.63) is 71.5 Å². The van der Waals surface area contributed by atoms with Crippen molar-refractivity contribution in [2.24, 2.45) is 12.9 Å². The molecular formula is C23H27N5O3. The molecule has 1 aromatic heterocycles. The van der Waals surface area contributed by atoms with E-state index in [2.05, 4.69) is 15.8 Å². The van der Waals surface area contributed by atoms with Crippen molar-refractivity contribution in [1.29, 1.82) is 0 Å². The second-order valence-electron chi connectivity index (χ2n) is 7.32. The van der Waals surface area contributed by atoms with Crippen LogP contribution in [0.15, 0.2) is 54.9 Å². The van der Waals surface area contributed by atoms with Gasteiger partial charge in [-0.05, 0) is 54.3 Å². The summed E-state index contributed by atoms with van der Waals surface area (Å²) in [5, 5.41) is 7.28. The summed E-state index contributed by atoms with van der Waals surface area (Å²) in [6.45, 7) is 1.92. The Hall–Kier alpha value is -3.65. The molecule has 1 atom stereocenters. The molecule has 2 amide bonds. The topological polar surface area (TPSA) is 111 Å². The predicted molar refractivity (Wildman–Crippen MR) is 118 cm³/mol. The molecule has 3 aromatic rings. The van der Waals surface area contributed by atoms with E-state index in [0.29, 0.717) is 17.7 Å². The normalized spacial score (nSPS) is 11.6. The van der Waals surface area contributed by atoms with Gasteiger partial charge in [0.15, 0.2) is 0 Å². The lowest BCUT2D eigenvalue weighted by atomic mass is 9.99. The first-order valence-electron chi connectivity index (χ1n) is 9.97. The van der Waals surface area contributed by atoms with Gasteiger partial charge in [0.25, 0.3) is 5.91 Å². The molecule has 4 N–H and O–H groups in total. The molecule has 0 aliphatic heterocycles. The highest BCUT2D eigenvalue weighted by atomic mass is 16.5. The summed E-state index contributed by atoms with van der Waals surface area (Å²) in [6.07, 6.45) is 4.34. The quantitative estimate of drug-likeness (QED) is 0.294. The Morgan fingerprint density at radius 3 is 2.65 bits per heavy atom. The Labute approximate surface area is 181 Å². The zero-order chi connectivity index (χ0) is 22.4. The highest BCUT2D eigenvalue weighted by molar-refractivity contribution is 5.96. The van der Waals surface area contributed by atoms with Crippen LogP contribution in [-0.2, 0) is 18.3 Å². The third kappa shape index (κ3) is 5.49. The minimum Gasteiger partial charge on any atom is -0.497 e. The molecule has 2 aromatic carbocycles. The van der Waals surface area contributed by atoms with Crippen molar-refractivity contribution in [1.82, 2.24) is 20.5 Å². The number of benzene rings is 2. The second kappa shape index (κ2) is 9.90. The number of hydrogen-bond donors (Lipinski definition) is 3. The minimum absolute atomic E-state index is 0.206. The fraction of sp³-hybridized carbons (Fsp3) is 0.261. The van der Waals surface area contributed by atoms with Crippen molar-refractivity contribution >= 4 is 11.8 Å². The van der Waals surface area contributed by atoms with E-state index >= 15 is 0 Å². The number of methoxy groups -OCH3 is 1. The SMILES string of the molecule is COc1cc(-c2cnn(C)c2)cc([C@@H](C)NC(=O)c2ccccc2CCC(=O)NN)c1. The van der Waals surface area contributed by atoms with Gasteiger partial charge in [-0.2, -0.15) is 5.10 Å². The molecular weight excluding hydrogens is 394 g/mol. The van der Waals surface area contributed by atoms with Crippen LogP contribution in [0.3, 0.4) is 0 Å². The standard InChI is InChI=1S/C23H27N5O3/c1-15(17-10-18(12-20(11-17)31-3)19-13-25-28(2)14-19)26-23(30)21-7-5-4-6-16(21)8-9-22(29)27-24/h4-7,10-15H,8-9,24H2,1-3H3,(H,26,30)(H,27,29)/t15-/m1/s1. The maximum absolute atomic E-state index is 13.0. The second-order valence-corrected chi connectivity index (χ2v) is 7.32. The number of aryl methyl sites for hydroxylation is 2. The minimum atomic E-state index is -0.275. The average Bonchev–Trinajstić information content (AvgIpc) is 3.23. The van der Waals surface area contributed by atoms with Gasteiger partial charge in [0.1, 0.15) is 5.75 Å². The molecule has 8 heteroatoms. The summed E-state index contributed by atoms with van der Waals surface area (Å²) in [5.41, 5.74) is 6.26. The van der Waals surface area contributed by atoms with Crippen LogP contribution < -0.4 is 21.3 Å². The number of nitrogens with one attached hydrogen (secondary N) is 2. The van der Waals surface area contributed by atoms with E-state index < -0.39 is 0 Å². The van der Waals surface area contributed by atoms with Crippen LogP contribution >= 0.6 is 0 Å². The molecule has 0 aliphatic rings. The third-order valence-corrected chi connectivity index (χ3v) is 5.09. The van der Waals surface area contributed by atoms with E-state index in [1.807, 2.05) is 50.5 Å². The summed E-state index contributed by atoms with van der Waals surface area (Å²) in [6, 6.07) is 12.8. The summed E-state index contributed by atoms with van der Waals surface area (Å²) in [4.78, 5) is 24.5. The van der Waals surface area contributed by atoms with Crippen LogP contribution in [0.2, 0.25) is 0 Å². The van der Waals surface area contributed by atoms with Crippen molar-refractivity contribution in [2.45, 2.75) is 25.8 Å². The lowest BCUT2D eigenvalue weighted by molar-refractivity contribution is -0.121. The fourth-order valence-electron chi connectivity index (χ4n) is 3.36. The summed E-state index contributed by atoms with van der Waals surface area (Å²) in [5.74, 6) is 5.37. The molecule has 1 heterocycles. The number of hydrazine groups is 1. The fourth-order valence-corrected chi connectivity index (χ4v) is 3.36. The predicted octanol–water partition coefficient (Wildman–Crippen LogP) is 2.51. The summed E-state index contributed by atoms with van der Waals surface area (Å²) in [7, 11) is 3.48. The smallest absolute Gasteiger partial charge is 0.252 e. The summed E-state index contributed by atoms with van der Waals surface area (Å²) < 4.78 is 7.20. The average molecular weight is 422 g/mol. The van der Waals surface area contributed by atoms with Gasteiger partial charge in [0.2, 0.25) is 5.91 Å². The highest BCUT2D eigenvalue weighted by Gasteiger charge is 2.17. The first-order valence-corrected chi connectivity index (χ1v) is 9.97. The van der Waals surface area contributed by atoms with Gasteiger partial charge >= 0.3 is 0 Å². The number of nitrogens with two attached hydrogens (primary N) is 1. The Morgan fingerprint density at radius 2 is 1.97 bits per heavy atom. The number of nitrogens with zero attached hydrogens (tertiary/aromatic N) is 2. The maximum Gasteiger partial charge on any atom is 0.252 e. The van der Waals surface area contributed by atoms with Crippen molar-refractivity contribution in [3.63, 3.8) is 0 Å². The summed E-state index contributed by atoms with van der Waals surface area (Å²) >= 11 is 0. The van der Waals surface area contributed by atoms with Crippen LogP contribution in [0, 0.1) is 0 Å². The van der Waals surface area contributed by atoms with E-state index in [4.69, 9.17) is 10.6 Å². The van der Waals surface area contributed by atoms with E-state index in [1.165, 1.54) is 0 Å². The van der Waals surface area contributed by atoms with Gasteiger partial charge in [-0.3, -0.25) is 19.7 Å². The first kappa shape index (κ1) is 22.0. The van der Waals surface area contributed by atoms with Crippen LogP contribution in [0.5, 0.6) is 5.75 Å². The largest absolute Gasteiger partial charge is 0.497 e. The van der Waals surface area contributed by atoms with Gasteiger partial charge in [0.05, 0.1) is 19.3 Å². The zero-order valence-corrected chi connectivity index (χ0v) is 17.9. The molecule has 0 fully saturated rings. The lowest BCUT2D eigenvalue weighted by Crippen LogP contribution is -2.30. The number of aromatic nitrogens is 2. The number of hydrogen-bond acceptors (Lipinski definition) is 5. The van der Waals surface area contributed by atoms with E-state index in [0.717, 1.165) is 22.3 Å². The number of ether oxygens (including phenoxy) is 1. The third-order valence-electron chi connectivity index (χ3n) is 5.09. The van der Waals surface area contributed by atoms with Gasteiger partial charge < -0.3 is 10.1 Å². The van der Waals surface area contributed by atoms with Crippen LogP contribution in [-0.4, -0.2) is 28.7 Å². The number of rotatable bonds is 8. The van der Waals surface area contributed by atoms with Crippen molar-refractivity contribution in [3.8, 4) is 16.9 Å². The molecule has 0 spiro atoms. The Balaban J connectivity index is 1.81. The Kier molecular flexibility index (Phi) is 7.04. The van der Waals surface area contributed by atoms with Crippen LogP contribution in [0.4, 0.5) is 0 Å². The zero-order valence-electron chi connectivity index (χ0n) is 17.9. The first-order chi connectivity index (χ1) is 14.9. The van der Waals surface area contributed by atoms with Gasteiger partial charge in [-0.15, -0.1) is 0 Å². The molecule has 31 heavy (non-hydrogen) atoms. The molecule has 8 nitrogen and oxygen atoms in total. The Bertz CT molecular complexity index is 1080. The van der Waals surface area contributed by atoms with Crippen molar-refractivity contribution in [2.75, 3.05) is 7.11 Å². The number of amides is 2. The molecule has 0 saturated heterocycles. The van der Waals surface area contributed by atoms with Gasteiger partial charge in [-0.1, -0.05) is 18.2 Å². The monoisotopic (exact) mass is 421 g/mol. The molecule has 0 saturated carbocycles. The van der Waals surface area contributed by atoms with Crippen LogP contribution in [0.25, 0.3) is 11.1 Å².